The molecule has 0 aromatic heterocycles. The van der Waals surface area contributed by atoms with E-state index in [1.165, 1.54) is 7.11 Å². The highest BCUT2D eigenvalue weighted by Crippen LogP contribution is 2.41. The van der Waals surface area contributed by atoms with E-state index in [2.05, 4.69) is 5.32 Å². The van der Waals surface area contributed by atoms with Gasteiger partial charge in [0.25, 0.3) is 0 Å². The van der Waals surface area contributed by atoms with Gasteiger partial charge in [0.1, 0.15) is 5.75 Å². The minimum atomic E-state index is -0.309. The van der Waals surface area contributed by atoms with Crippen LogP contribution in [0.4, 0.5) is 5.69 Å². The van der Waals surface area contributed by atoms with E-state index in [0.29, 0.717) is 29.4 Å². The standard InChI is InChI=1S/C21H23ClN2O3/c1-13-9-18(19(27-3)11-17(13)22)23-20(25)15-10-16(15)21(26)24(2)12-14-7-5-4-6-8-14/h4-9,11,15-16H,10,12H2,1-3H3,(H,23,25). The van der Waals surface area contributed by atoms with Gasteiger partial charge in [0.2, 0.25) is 11.8 Å². The second kappa shape index (κ2) is 8.01. The van der Waals surface area contributed by atoms with Gasteiger partial charge in [-0.25, -0.2) is 0 Å². The van der Waals surface area contributed by atoms with Crippen molar-refractivity contribution in [1.29, 1.82) is 0 Å². The number of halogens is 1. The molecule has 0 heterocycles. The number of methoxy groups -OCH3 is 1. The second-order valence-corrected chi connectivity index (χ2v) is 7.33. The Balaban J connectivity index is 1.60. The smallest absolute Gasteiger partial charge is 0.228 e. The minimum absolute atomic E-state index is 0.00162. The number of rotatable bonds is 6. The highest BCUT2D eigenvalue weighted by molar-refractivity contribution is 6.31. The molecule has 1 aliphatic carbocycles. The van der Waals surface area contributed by atoms with Crippen LogP contribution in [0.15, 0.2) is 42.5 Å². The maximum atomic E-state index is 12.6. The summed E-state index contributed by atoms with van der Waals surface area (Å²) in [5.41, 5.74) is 2.48. The van der Waals surface area contributed by atoms with Crippen molar-refractivity contribution in [3.8, 4) is 5.75 Å². The fraction of sp³-hybridized carbons (Fsp3) is 0.333. The van der Waals surface area contributed by atoms with Crippen LogP contribution >= 0.6 is 11.6 Å². The van der Waals surface area contributed by atoms with Crippen LogP contribution in [0.1, 0.15) is 17.5 Å². The Bertz CT molecular complexity index is 854. The zero-order chi connectivity index (χ0) is 19.6. The van der Waals surface area contributed by atoms with Crippen LogP contribution in [-0.2, 0) is 16.1 Å². The zero-order valence-electron chi connectivity index (χ0n) is 15.7. The molecular weight excluding hydrogens is 364 g/mol. The van der Waals surface area contributed by atoms with Crippen molar-refractivity contribution in [1.82, 2.24) is 4.90 Å². The molecule has 6 heteroatoms. The average molecular weight is 387 g/mol. The molecule has 2 atom stereocenters. The number of hydrogen-bond donors (Lipinski definition) is 1. The topological polar surface area (TPSA) is 58.6 Å². The summed E-state index contributed by atoms with van der Waals surface area (Å²) in [6, 6.07) is 13.3. The fourth-order valence-corrected chi connectivity index (χ4v) is 3.28. The Morgan fingerprint density at radius 1 is 1.22 bits per heavy atom. The normalized spacial score (nSPS) is 17.9. The lowest BCUT2D eigenvalue weighted by Gasteiger charge is -2.17. The van der Waals surface area contributed by atoms with Crippen molar-refractivity contribution < 1.29 is 14.3 Å². The van der Waals surface area contributed by atoms with Gasteiger partial charge in [-0.2, -0.15) is 0 Å². The number of benzene rings is 2. The van der Waals surface area contributed by atoms with Crippen LogP contribution < -0.4 is 10.1 Å². The summed E-state index contributed by atoms with van der Waals surface area (Å²) >= 11 is 6.10. The molecule has 1 aliphatic rings. The molecule has 2 unspecified atom stereocenters. The number of nitrogens with zero attached hydrogens (tertiary/aromatic N) is 1. The maximum Gasteiger partial charge on any atom is 0.228 e. The summed E-state index contributed by atoms with van der Waals surface area (Å²) < 4.78 is 5.29. The van der Waals surface area contributed by atoms with Gasteiger partial charge in [-0.1, -0.05) is 41.9 Å². The maximum absolute atomic E-state index is 12.6. The van der Waals surface area contributed by atoms with E-state index in [4.69, 9.17) is 16.3 Å². The summed E-state index contributed by atoms with van der Waals surface area (Å²) in [5, 5.41) is 3.45. The third kappa shape index (κ3) is 4.42. The molecule has 0 saturated heterocycles. The quantitative estimate of drug-likeness (QED) is 0.819. The average Bonchev–Trinajstić information content (AvgIpc) is 3.45. The molecule has 1 fully saturated rings. The van der Waals surface area contributed by atoms with Gasteiger partial charge in [-0.15, -0.1) is 0 Å². The predicted octanol–water partition coefficient (Wildman–Crippen LogP) is 3.89. The lowest BCUT2D eigenvalue weighted by atomic mass is 10.2. The highest BCUT2D eigenvalue weighted by Gasteiger charge is 2.49. The number of carbonyl (C=O) groups is 2. The second-order valence-electron chi connectivity index (χ2n) is 6.92. The number of hydrogen-bond acceptors (Lipinski definition) is 3. The van der Waals surface area contributed by atoms with Gasteiger partial charge in [0.05, 0.1) is 24.6 Å². The first-order valence-electron chi connectivity index (χ1n) is 8.84. The molecule has 0 bridgehead atoms. The molecule has 1 N–H and O–H groups in total. The molecule has 1 saturated carbocycles. The first-order valence-corrected chi connectivity index (χ1v) is 9.22. The summed E-state index contributed by atoms with van der Waals surface area (Å²) in [6.07, 6.45) is 0.568. The van der Waals surface area contributed by atoms with Crippen LogP contribution in [0.2, 0.25) is 5.02 Å². The van der Waals surface area contributed by atoms with Crippen LogP contribution in [-0.4, -0.2) is 30.9 Å². The van der Waals surface area contributed by atoms with Crippen LogP contribution in [0, 0.1) is 18.8 Å². The molecule has 0 radical (unpaired) electrons. The summed E-state index contributed by atoms with van der Waals surface area (Å²) in [7, 11) is 3.30. The van der Waals surface area contributed by atoms with Crippen molar-refractivity contribution >= 4 is 29.1 Å². The largest absolute Gasteiger partial charge is 0.495 e. The van der Waals surface area contributed by atoms with Gasteiger partial charge >= 0.3 is 0 Å². The Morgan fingerprint density at radius 2 is 1.93 bits per heavy atom. The Morgan fingerprint density at radius 3 is 2.59 bits per heavy atom. The van der Waals surface area contributed by atoms with Crippen LogP contribution in [0.25, 0.3) is 0 Å². The van der Waals surface area contributed by atoms with Gasteiger partial charge in [0, 0.05) is 24.7 Å². The van der Waals surface area contributed by atoms with E-state index in [-0.39, 0.29) is 23.7 Å². The Kier molecular flexibility index (Phi) is 5.71. The van der Waals surface area contributed by atoms with Crippen molar-refractivity contribution in [2.75, 3.05) is 19.5 Å². The van der Waals surface area contributed by atoms with Gasteiger partial charge < -0.3 is 15.0 Å². The van der Waals surface area contributed by atoms with Crippen LogP contribution in [0.5, 0.6) is 5.75 Å². The fourth-order valence-electron chi connectivity index (χ4n) is 3.13. The SMILES string of the molecule is COc1cc(Cl)c(C)cc1NC(=O)C1CC1C(=O)N(C)Cc1ccccc1. The third-order valence-corrected chi connectivity index (χ3v) is 5.23. The van der Waals surface area contributed by atoms with Crippen molar-refractivity contribution in [2.45, 2.75) is 19.9 Å². The molecule has 142 valence electrons. The molecular formula is C21H23ClN2O3. The number of anilines is 1. The highest BCUT2D eigenvalue weighted by atomic mass is 35.5. The predicted molar refractivity (Wildman–Crippen MR) is 106 cm³/mol. The molecule has 0 aliphatic heterocycles. The minimum Gasteiger partial charge on any atom is -0.495 e. The van der Waals surface area contributed by atoms with Gasteiger partial charge in [-0.05, 0) is 30.5 Å². The first-order chi connectivity index (χ1) is 12.9. The Hall–Kier alpha value is -2.53. The molecule has 2 aromatic carbocycles. The molecule has 2 aromatic rings. The van der Waals surface area contributed by atoms with Crippen LogP contribution in [0.3, 0.4) is 0 Å². The zero-order valence-corrected chi connectivity index (χ0v) is 16.4. The number of amides is 2. The Labute approximate surface area is 164 Å². The number of aryl methyl sites for hydroxylation is 1. The lowest BCUT2D eigenvalue weighted by Crippen LogP contribution is -2.29. The number of ether oxygens (including phenoxy) is 1. The van der Waals surface area contributed by atoms with E-state index in [0.717, 1.165) is 11.1 Å². The molecule has 3 rings (SSSR count). The summed E-state index contributed by atoms with van der Waals surface area (Å²) in [4.78, 5) is 26.8. The molecule has 5 nitrogen and oxygen atoms in total. The number of nitrogens with one attached hydrogen (secondary N) is 1. The van der Waals surface area contributed by atoms with Crippen molar-refractivity contribution in [2.24, 2.45) is 11.8 Å². The summed E-state index contributed by atoms with van der Waals surface area (Å²) in [5.74, 6) is -0.238. The van der Waals surface area contributed by atoms with E-state index in [9.17, 15) is 9.59 Å². The third-order valence-electron chi connectivity index (χ3n) is 4.82. The van der Waals surface area contributed by atoms with E-state index in [1.54, 1.807) is 24.1 Å². The van der Waals surface area contributed by atoms with Gasteiger partial charge in [-0.3, -0.25) is 9.59 Å². The molecule has 27 heavy (non-hydrogen) atoms. The molecule has 0 spiro atoms. The lowest BCUT2D eigenvalue weighted by molar-refractivity contribution is -0.133. The number of carbonyl (C=O) groups excluding carboxylic acids is 2. The first kappa shape index (κ1) is 19.2. The van der Waals surface area contributed by atoms with Crippen molar-refractivity contribution in [3.63, 3.8) is 0 Å². The molecule has 2 amide bonds. The van der Waals surface area contributed by atoms with E-state index < -0.39 is 0 Å². The monoisotopic (exact) mass is 386 g/mol. The van der Waals surface area contributed by atoms with Crippen molar-refractivity contribution in [3.05, 3.63) is 58.6 Å². The van der Waals surface area contributed by atoms with E-state index >= 15 is 0 Å². The van der Waals surface area contributed by atoms with Gasteiger partial charge in [0.15, 0.2) is 0 Å². The summed E-state index contributed by atoms with van der Waals surface area (Å²) in [6.45, 7) is 2.40. The van der Waals surface area contributed by atoms with E-state index in [1.807, 2.05) is 37.3 Å².